The second-order valence-electron chi connectivity index (χ2n) is 6.63. The van der Waals surface area contributed by atoms with Gasteiger partial charge in [-0.15, -0.1) is 0 Å². The minimum absolute atomic E-state index is 0.867. The normalized spacial score (nSPS) is 27.4. The van der Waals surface area contributed by atoms with E-state index in [9.17, 15) is 0 Å². The second-order valence-corrected chi connectivity index (χ2v) is 6.63. The van der Waals surface area contributed by atoms with Crippen molar-refractivity contribution in [3.8, 4) is 0 Å². The highest BCUT2D eigenvalue weighted by Crippen LogP contribution is 2.41. The molecule has 1 aromatic carbocycles. The molecular formula is C18H27N. The molecule has 1 heteroatoms. The summed E-state index contributed by atoms with van der Waals surface area (Å²) in [5.74, 6) is 2.69. The van der Waals surface area contributed by atoms with Crippen LogP contribution in [0, 0.1) is 11.8 Å². The van der Waals surface area contributed by atoms with Crippen molar-refractivity contribution in [2.45, 2.75) is 57.9 Å². The lowest BCUT2D eigenvalue weighted by Gasteiger charge is -2.29. The van der Waals surface area contributed by atoms with Crippen LogP contribution < -0.4 is 5.32 Å². The molecule has 1 aromatic rings. The SMILES string of the molecule is CC1CCCCC1CNCc1ccccc1C1CC1. The molecule has 1 nitrogen and oxygen atoms in total. The van der Waals surface area contributed by atoms with E-state index in [1.165, 1.54) is 50.6 Å². The van der Waals surface area contributed by atoms with Crippen molar-refractivity contribution >= 4 is 0 Å². The van der Waals surface area contributed by atoms with Gasteiger partial charge in [0, 0.05) is 6.54 Å². The number of benzene rings is 1. The van der Waals surface area contributed by atoms with Gasteiger partial charge in [0.1, 0.15) is 0 Å². The van der Waals surface area contributed by atoms with Crippen molar-refractivity contribution in [2.75, 3.05) is 6.54 Å². The van der Waals surface area contributed by atoms with Crippen LogP contribution >= 0.6 is 0 Å². The zero-order chi connectivity index (χ0) is 13.1. The highest BCUT2D eigenvalue weighted by Gasteiger charge is 2.25. The van der Waals surface area contributed by atoms with Crippen LogP contribution in [-0.2, 0) is 6.54 Å². The highest BCUT2D eigenvalue weighted by atomic mass is 14.9. The third-order valence-corrected chi connectivity index (χ3v) is 5.08. The van der Waals surface area contributed by atoms with E-state index in [2.05, 4.69) is 36.5 Å². The predicted octanol–water partition coefficient (Wildman–Crippen LogP) is 4.48. The Kier molecular flexibility index (Phi) is 4.22. The molecule has 1 N–H and O–H groups in total. The van der Waals surface area contributed by atoms with E-state index in [-0.39, 0.29) is 0 Å². The van der Waals surface area contributed by atoms with Crippen LogP contribution in [0.2, 0.25) is 0 Å². The first-order chi connectivity index (χ1) is 9.34. The van der Waals surface area contributed by atoms with E-state index in [1.807, 2.05) is 0 Å². The third kappa shape index (κ3) is 3.39. The molecule has 0 amide bonds. The van der Waals surface area contributed by atoms with Crippen LogP contribution in [0.25, 0.3) is 0 Å². The van der Waals surface area contributed by atoms with Crippen LogP contribution in [0.5, 0.6) is 0 Å². The largest absolute Gasteiger partial charge is 0.312 e. The Morgan fingerprint density at radius 3 is 2.63 bits per heavy atom. The van der Waals surface area contributed by atoms with Crippen molar-refractivity contribution in [1.29, 1.82) is 0 Å². The molecule has 0 bridgehead atoms. The Balaban J connectivity index is 1.52. The summed E-state index contributed by atoms with van der Waals surface area (Å²) in [5.41, 5.74) is 3.14. The summed E-state index contributed by atoms with van der Waals surface area (Å²) >= 11 is 0. The molecule has 2 unspecified atom stereocenters. The van der Waals surface area contributed by atoms with Gasteiger partial charge in [-0.05, 0) is 54.7 Å². The zero-order valence-corrected chi connectivity index (χ0v) is 12.2. The topological polar surface area (TPSA) is 12.0 Å². The van der Waals surface area contributed by atoms with E-state index in [4.69, 9.17) is 0 Å². The average Bonchev–Trinajstić information content (AvgIpc) is 3.26. The van der Waals surface area contributed by atoms with Crippen LogP contribution in [0.15, 0.2) is 24.3 Å². The maximum absolute atomic E-state index is 3.72. The molecular weight excluding hydrogens is 230 g/mol. The molecule has 104 valence electrons. The van der Waals surface area contributed by atoms with Crippen LogP contribution in [0.3, 0.4) is 0 Å². The van der Waals surface area contributed by atoms with Gasteiger partial charge >= 0.3 is 0 Å². The van der Waals surface area contributed by atoms with E-state index in [1.54, 1.807) is 5.56 Å². The van der Waals surface area contributed by atoms with Gasteiger partial charge in [-0.2, -0.15) is 0 Å². The molecule has 0 spiro atoms. The molecule has 2 saturated carbocycles. The monoisotopic (exact) mass is 257 g/mol. The molecule has 0 aromatic heterocycles. The summed E-state index contributed by atoms with van der Waals surface area (Å²) < 4.78 is 0. The first-order valence-electron chi connectivity index (χ1n) is 8.13. The van der Waals surface area contributed by atoms with Gasteiger partial charge in [-0.3, -0.25) is 0 Å². The average molecular weight is 257 g/mol. The van der Waals surface area contributed by atoms with Crippen LogP contribution in [0.4, 0.5) is 0 Å². The number of nitrogens with one attached hydrogen (secondary N) is 1. The quantitative estimate of drug-likeness (QED) is 0.820. The fraction of sp³-hybridized carbons (Fsp3) is 0.667. The maximum Gasteiger partial charge on any atom is 0.0208 e. The van der Waals surface area contributed by atoms with Crippen molar-refractivity contribution in [2.24, 2.45) is 11.8 Å². The molecule has 0 radical (unpaired) electrons. The van der Waals surface area contributed by atoms with Gasteiger partial charge < -0.3 is 5.32 Å². The van der Waals surface area contributed by atoms with Crippen LogP contribution in [-0.4, -0.2) is 6.54 Å². The maximum atomic E-state index is 3.72. The molecule has 2 atom stereocenters. The first-order valence-corrected chi connectivity index (χ1v) is 8.13. The Labute approximate surface area is 117 Å². The number of hydrogen-bond acceptors (Lipinski definition) is 1. The minimum Gasteiger partial charge on any atom is -0.312 e. The van der Waals surface area contributed by atoms with Gasteiger partial charge in [0.2, 0.25) is 0 Å². The molecule has 0 heterocycles. The van der Waals surface area contributed by atoms with Crippen molar-refractivity contribution in [1.82, 2.24) is 5.32 Å². The van der Waals surface area contributed by atoms with E-state index in [0.717, 1.165) is 24.3 Å². The Morgan fingerprint density at radius 2 is 1.84 bits per heavy atom. The zero-order valence-electron chi connectivity index (χ0n) is 12.2. The summed E-state index contributed by atoms with van der Waals surface area (Å²) in [6.45, 7) is 4.71. The van der Waals surface area contributed by atoms with Gasteiger partial charge in [0.05, 0.1) is 0 Å². The van der Waals surface area contributed by atoms with Crippen molar-refractivity contribution in [3.05, 3.63) is 35.4 Å². The first kappa shape index (κ1) is 13.2. The lowest BCUT2D eigenvalue weighted by atomic mass is 9.80. The van der Waals surface area contributed by atoms with Crippen molar-refractivity contribution in [3.63, 3.8) is 0 Å². The Hall–Kier alpha value is -0.820. The minimum atomic E-state index is 0.867. The lowest BCUT2D eigenvalue weighted by molar-refractivity contribution is 0.247. The smallest absolute Gasteiger partial charge is 0.0208 e. The van der Waals surface area contributed by atoms with E-state index >= 15 is 0 Å². The number of hydrogen-bond donors (Lipinski definition) is 1. The number of rotatable bonds is 5. The molecule has 2 aliphatic carbocycles. The Bertz CT molecular complexity index is 408. The van der Waals surface area contributed by atoms with Crippen molar-refractivity contribution < 1.29 is 0 Å². The van der Waals surface area contributed by atoms with Crippen LogP contribution in [0.1, 0.15) is 62.5 Å². The summed E-state index contributed by atoms with van der Waals surface area (Å²) in [6.07, 6.45) is 8.55. The predicted molar refractivity (Wildman–Crippen MR) is 81.2 cm³/mol. The van der Waals surface area contributed by atoms with E-state index in [0.29, 0.717) is 0 Å². The lowest BCUT2D eigenvalue weighted by Crippen LogP contribution is -2.29. The molecule has 0 saturated heterocycles. The summed E-state index contributed by atoms with van der Waals surface area (Å²) in [6, 6.07) is 9.02. The van der Waals surface area contributed by atoms with E-state index < -0.39 is 0 Å². The molecule has 3 rings (SSSR count). The third-order valence-electron chi connectivity index (χ3n) is 5.08. The fourth-order valence-electron chi connectivity index (χ4n) is 3.58. The molecule has 2 aliphatic rings. The summed E-state index contributed by atoms with van der Waals surface area (Å²) in [7, 11) is 0. The standard InChI is InChI=1S/C18H27N/c1-14-6-2-3-7-16(14)12-19-13-17-8-4-5-9-18(17)15-10-11-15/h4-5,8-9,14-16,19H,2-3,6-7,10-13H2,1H3. The highest BCUT2D eigenvalue weighted by molar-refractivity contribution is 5.33. The molecule has 19 heavy (non-hydrogen) atoms. The summed E-state index contributed by atoms with van der Waals surface area (Å²) in [5, 5.41) is 3.72. The second kappa shape index (κ2) is 6.09. The van der Waals surface area contributed by atoms with Gasteiger partial charge in [0.25, 0.3) is 0 Å². The Morgan fingerprint density at radius 1 is 1.05 bits per heavy atom. The van der Waals surface area contributed by atoms with Gasteiger partial charge in [-0.25, -0.2) is 0 Å². The summed E-state index contributed by atoms with van der Waals surface area (Å²) in [4.78, 5) is 0. The fourth-order valence-corrected chi connectivity index (χ4v) is 3.58. The molecule has 2 fully saturated rings. The molecule has 0 aliphatic heterocycles. The van der Waals surface area contributed by atoms with Gasteiger partial charge in [0.15, 0.2) is 0 Å². The van der Waals surface area contributed by atoms with Gasteiger partial charge in [-0.1, -0.05) is 50.5 Å².